The second-order valence-electron chi connectivity index (χ2n) is 7.76. The zero-order valence-electron chi connectivity index (χ0n) is 17.7. The Morgan fingerprint density at radius 2 is 1.94 bits per heavy atom. The topological polar surface area (TPSA) is 45.7 Å². The Morgan fingerprint density at radius 1 is 1.19 bits per heavy atom. The number of carbonyl (C=O) groups excluding carboxylic acids is 1. The van der Waals surface area contributed by atoms with E-state index in [1.165, 1.54) is 28.4 Å². The number of alkyl halides is 3. The number of anilines is 1. The molecule has 0 radical (unpaired) electrons. The van der Waals surface area contributed by atoms with Crippen LogP contribution in [0.1, 0.15) is 27.9 Å². The van der Waals surface area contributed by atoms with Crippen LogP contribution in [0.15, 0.2) is 42.5 Å². The van der Waals surface area contributed by atoms with Crippen LogP contribution in [0.3, 0.4) is 0 Å². The number of hydrogen-bond acceptors (Lipinski definition) is 5. The molecule has 2 heterocycles. The number of benzene rings is 2. The molecule has 0 spiro atoms. The van der Waals surface area contributed by atoms with E-state index in [2.05, 4.69) is 9.88 Å². The zero-order valence-corrected chi connectivity index (χ0v) is 18.5. The van der Waals surface area contributed by atoms with E-state index in [-0.39, 0.29) is 5.56 Å². The van der Waals surface area contributed by atoms with Gasteiger partial charge in [-0.25, -0.2) is 4.98 Å². The molecule has 1 aliphatic rings. The maximum atomic E-state index is 13.4. The number of thiazole rings is 1. The number of para-hydroxylation sites is 1. The van der Waals surface area contributed by atoms with E-state index >= 15 is 0 Å². The van der Waals surface area contributed by atoms with Crippen LogP contribution < -0.4 is 4.90 Å². The fraction of sp³-hybridized carbons (Fsp3) is 0.391. The molecule has 1 saturated heterocycles. The lowest BCUT2D eigenvalue weighted by Crippen LogP contribution is -2.39. The van der Waals surface area contributed by atoms with E-state index in [1.54, 1.807) is 0 Å². The Kier molecular flexibility index (Phi) is 6.78. The number of halogens is 3. The Balaban J connectivity index is 1.61. The normalized spacial score (nSPS) is 15.2. The molecule has 0 saturated carbocycles. The third kappa shape index (κ3) is 5.11. The highest BCUT2D eigenvalue weighted by Gasteiger charge is 2.32. The highest BCUT2D eigenvalue weighted by molar-refractivity contribution is 7.22. The van der Waals surface area contributed by atoms with Gasteiger partial charge in [0, 0.05) is 31.7 Å². The molecule has 4 rings (SSSR count). The van der Waals surface area contributed by atoms with Crippen molar-refractivity contribution in [1.82, 2.24) is 9.88 Å². The molecule has 1 amide bonds. The molecule has 1 aromatic heterocycles. The molecular weight excluding hydrogens is 439 g/mol. The third-order valence-corrected chi connectivity index (χ3v) is 6.53. The van der Waals surface area contributed by atoms with E-state index in [1.807, 2.05) is 25.1 Å². The fourth-order valence-electron chi connectivity index (χ4n) is 3.74. The average molecular weight is 464 g/mol. The summed E-state index contributed by atoms with van der Waals surface area (Å²) < 4.78 is 45.9. The largest absolute Gasteiger partial charge is 0.416 e. The van der Waals surface area contributed by atoms with E-state index in [0.717, 1.165) is 47.5 Å². The van der Waals surface area contributed by atoms with Crippen molar-refractivity contribution in [2.45, 2.75) is 19.5 Å². The quantitative estimate of drug-likeness (QED) is 0.517. The van der Waals surface area contributed by atoms with Crippen molar-refractivity contribution in [2.24, 2.45) is 0 Å². The summed E-state index contributed by atoms with van der Waals surface area (Å²) in [5.41, 5.74) is 0.964. The summed E-state index contributed by atoms with van der Waals surface area (Å²) in [6.45, 7) is 6.13. The van der Waals surface area contributed by atoms with Crippen LogP contribution in [0.2, 0.25) is 0 Å². The lowest BCUT2D eigenvalue weighted by atomic mass is 10.1. The van der Waals surface area contributed by atoms with Gasteiger partial charge in [-0.1, -0.05) is 29.5 Å². The molecular formula is C23H24F3N3O2S. The standard InChI is InChI=1S/C23H24F3N3O2S/c1-16-5-2-8-19-20(16)27-22(32-19)29(10-4-9-28-11-13-31-14-12-28)21(30)17-6-3-7-18(15-17)23(24,25)26/h2-3,5-8,15H,4,9-14H2,1H3. The zero-order chi connectivity index (χ0) is 22.7. The summed E-state index contributed by atoms with van der Waals surface area (Å²) in [6.07, 6.45) is -3.83. The van der Waals surface area contributed by atoms with E-state index in [0.29, 0.717) is 31.3 Å². The van der Waals surface area contributed by atoms with Gasteiger partial charge >= 0.3 is 6.18 Å². The van der Waals surface area contributed by atoms with Crippen LogP contribution in [-0.2, 0) is 10.9 Å². The minimum absolute atomic E-state index is 0.00201. The van der Waals surface area contributed by atoms with Gasteiger partial charge in [0.2, 0.25) is 0 Å². The minimum Gasteiger partial charge on any atom is -0.379 e. The molecule has 9 heteroatoms. The first-order chi connectivity index (χ1) is 15.3. The molecule has 0 unspecified atom stereocenters. The first-order valence-electron chi connectivity index (χ1n) is 10.5. The average Bonchev–Trinajstić information content (AvgIpc) is 3.22. The van der Waals surface area contributed by atoms with Gasteiger partial charge in [-0.05, 0) is 43.2 Å². The Hall–Kier alpha value is -2.49. The number of ether oxygens (including phenoxy) is 1. The lowest BCUT2D eigenvalue weighted by molar-refractivity contribution is -0.137. The summed E-state index contributed by atoms with van der Waals surface area (Å²) in [5, 5.41) is 0.499. The molecule has 0 aliphatic carbocycles. The van der Waals surface area contributed by atoms with E-state index in [9.17, 15) is 18.0 Å². The monoisotopic (exact) mass is 463 g/mol. The molecule has 0 atom stereocenters. The van der Waals surface area contributed by atoms with Crippen LogP contribution in [0.25, 0.3) is 10.2 Å². The van der Waals surface area contributed by atoms with Gasteiger partial charge in [0.15, 0.2) is 5.13 Å². The maximum absolute atomic E-state index is 13.4. The van der Waals surface area contributed by atoms with E-state index in [4.69, 9.17) is 4.74 Å². The summed E-state index contributed by atoms with van der Waals surface area (Å²) in [6, 6.07) is 10.4. The molecule has 1 fully saturated rings. The van der Waals surface area contributed by atoms with Crippen LogP contribution in [0.5, 0.6) is 0 Å². The summed E-state index contributed by atoms with van der Waals surface area (Å²) in [7, 11) is 0. The molecule has 32 heavy (non-hydrogen) atoms. The lowest BCUT2D eigenvalue weighted by Gasteiger charge is -2.27. The van der Waals surface area contributed by atoms with Crippen molar-refractivity contribution < 1.29 is 22.7 Å². The van der Waals surface area contributed by atoms with Crippen molar-refractivity contribution in [3.05, 3.63) is 59.2 Å². The van der Waals surface area contributed by atoms with Crippen LogP contribution in [0.4, 0.5) is 18.3 Å². The SMILES string of the molecule is Cc1cccc2sc(N(CCCN3CCOCC3)C(=O)c3cccc(C(F)(F)F)c3)nc12. The van der Waals surface area contributed by atoms with Crippen molar-refractivity contribution >= 4 is 32.6 Å². The van der Waals surface area contributed by atoms with Gasteiger partial charge in [-0.3, -0.25) is 14.6 Å². The van der Waals surface area contributed by atoms with Crippen molar-refractivity contribution in [3.8, 4) is 0 Å². The smallest absolute Gasteiger partial charge is 0.379 e. The van der Waals surface area contributed by atoms with Gasteiger partial charge in [0.1, 0.15) is 0 Å². The number of hydrogen-bond donors (Lipinski definition) is 0. The van der Waals surface area contributed by atoms with E-state index < -0.39 is 17.6 Å². The van der Waals surface area contributed by atoms with Gasteiger partial charge in [0.25, 0.3) is 5.91 Å². The number of aryl methyl sites for hydroxylation is 1. The Morgan fingerprint density at radius 3 is 2.66 bits per heavy atom. The number of nitrogens with zero attached hydrogens (tertiary/aromatic N) is 3. The molecule has 2 aromatic carbocycles. The molecule has 170 valence electrons. The first kappa shape index (κ1) is 22.7. The predicted molar refractivity (Wildman–Crippen MR) is 119 cm³/mol. The second-order valence-corrected chi connectivity index (χ2v) is 8.77. The molecule has 0 N–H and O–H groups in total. The predicted octanol–water partition coefficient (Wildman–Crippen LogP) is 4.99. The van der Waals surface area contributed by atoms with Gasteiger partial charge in [-0.15, -0.1) is 0 Å². The van der Waals surface area contributed by atoms with Crippen LogP contribution >= 0.6 is 11.3 Å². The highest BCUT2D eigenvalue weighted by Crippen LogP contribution is 2.33. The Labute approximate surface area is 188 Å². The molecule has 3 aromatic rings. The number of rotatable bonds is 6. The maximum Gasteiger partial charge on any atom is 0.416 e. The van der Waals surface area contributed by atoms with Gasteiger partial charge in [0.05, 0.1) is 29.0 Å². The van der Waals surface area contributed by atoms with Crippen molar-refractivity contribution in [1.29, 1.82) is 0 Å². The molecule has 5 nitrogen and oxygen atoms in total. The minimum atomic E-state index is -4.51. The molecule has 0 bridgehead atoms. The number of fused-ring (bicyclic) bond motifs is 1. The highest BCUT2D eigenvalue weighted by atomic mass is 32.1. The first-order valence-corrected chi connectivity index (χ1v) is 11.3. The van der Waals surface area contributed by atoms with Gasteiger partial charge in [-0.2, -0.15) is 13.2 Å². The Bertz CT molecular complexity index is 1090. The van der Waals surface area contributed by atoms with Gasteiger partial charge < -0.3 is 4.74 Å². The number of morpholine rings is 1. The van der Waals surface area contributed by atoms with Crippen molar-refractivity contribution in [3.63, 3.8) is 0 Å². The summed E-state index contributed by atoms with van der Waals surface area (Å²) in [4.78, 5) is 21.8. The number of aromatic nitrogens is 1. The fourth-order valence-corrected chi connectivity index (χ4v) is 4.80. The number of carbonyl (C=O) groups is 1. The van der Waals surface area contributed by atoms with Crippen LogP contribution in [-0.4, -0.2) is 55.2 Å². The summed E-state index contributed by atoms with van der Waals surface area (Å²) in [5.74, 6) is -0.477. The third-order valence-electron chi connectivity index (χ3n) is 5.48. The molecule has 1 aliphatic heterocycles. The summed E-state index contributed by atoms with van der Waals surface area (Å²) >= 11 is 1.38. The second kappa shape index (κ2) is 9.56. The van der Waals surface area contributed by atoms with Crippen LogP contribution in [0, 0.1) is 6.92 Å². The van der Waals surface area contributed by atoms with Crippen molar-refractivity contribution in [2.75, 3.05) is 44.3 Å². The number of amides is 1.